The van der Waals surface area contributed by atoms with Crippen molar-refractivity contribution in [3.05, 3.63) is 0 Å². The van der Waals surface area contributed by atoms with Gasteiger partial charge >= 0.3 is 0 Å². The summed E-state index contributed by atoms with van der Waals surface area (Å²) in [6.45, 7) is 2.80. The van der Waals surface area contributed by atoms with Gasteiger partial charge in [-0.3, -0.25) is 4.90 Å². The molecule has 2 N–H and O–H groups in total. The third-order valence-electron chi connectivity index (χ3n) is 1.95. The molecule has 1 heterocycles. The minimum atomic E-state index is -0.271. The summed E-state index contributed by atoms with van der Waals surface area (Å²) in [5, 5.41) is 12.4. The van der Waals surface area contributed by atoms with E-state index in [1.807, 2.05) is 7.05 Å². The highest BCUT2D eigenvalue weighted by Crippen LogP contribution is 2.09. The van der Waals surface area contributed by atoms with E-state index in [9.17, 15) is 5.11 Å². The van der Waals surface area contributed by atoms with Crippen LogP contribution in [0, 0.1) is 0 Å². The third kappa shape index (κ3) is 1.94. The molecule has 3 heteroatoms. The Bertz CT molecular complexity index is 91.6. The minimum absolute atomic E-state index is 0.271. The molecule has 1 aliphatic heterocycles. The fraction of sp³-hybridized carbons (Fsp3) is 1.00. The number of nitrogens with zero attached hydrogens (tertiary/aromatic N) is 1. The standard InChI is InChI=1S/C7H16N2O/c1-8-6-7(10)9-4-2-3-5-9/h7-8,10H,2-6H2,1H3. The molecular formula is C7H16N2O. The van der Waals surface area contributed by atoms with Crippen LogP contribution in [-0.2, 0) is 0 Å². The molecule has 10 heavy (non-hydrogen) atoms. The quantitative estimate of drug-likeness (QED) is 0.567. The van der Waals surface area contributed by atoms with Gasteiger partial charge in [-0.1, -0.05) is 0 Å². The lowest BCUT2D eigenvalue weighted by atomic mass is 10.4. The van der Waals surface area contributed by atoms with Crippen LogP contribution in [0.5, 0.6) is 0 Å². The number of rotatable bonds is 3. The zero-order valence-corrected chi connectivity index (χ0v) is 6.51. The van der Waals surface area contributed by atoms with Gasteiger partial charge in [0.1, 0.15) is 6.23 Å². The average Bonchev–Trinajstić information content (AvgIpc) is 2.38. The monoisotopic (exact) mass is 144 g/mol. The molecule has 0 amide bonds. The second kappa shape index (κ2) is 3.91. The van der Waals surface area contributed by atoms with E-state index >= 15 is 0 Å². The van der Waals surface area contributed by atoms with Gasteiger partial charge in [0.05, 0.1) is 0 Å². The van der Waals surface area contributed by atoms with E-state index in [0.717, 1.165) is 13.1 Å². The van der Waals surface area contributed by atoms with Crippen molar-refractivity contribution >= 4 is 0 Å². The van der Waals surface area contributed by atoms with Gasteiger partial charge in [0.25, 0.3) is 0 Å². The van der Waals surface area contributed by atoms with Crippen molar-refractivity contribution in [1.29, 1.82) is 0 Å². The van der Waals surface area contributed by atoms with Crippen LogP contribution in [0.25, 0.3) is 0 Å². The Morgan fingerprint density at radius 1 is 1.50 bits per heavy atom. The molecule has 0 aliphatic carbocycles. The number of likely N-dealkylation sites (tertiary alicyclic amines) is 1. The molecule has 1 rings (SSSR count). The van der Waals surface area contributed by atoms with E-state index in [4.69, 9.17) is 0 Å². The summed E-state index contributed by atoms with van der Waals surface area (Å²) in [4.78, 5) is 2.11. The van der Waals surface area contributed by atoms with E-state index in [1.165, 1.54) is 12.8 Å². The zero-order chi connectivity index (χ0) is 7.40. The number of hydrogen-bond acceptors (Lipinski definition) is 3. The minimum Gasteiger partial charge on any atom is -0.377 e. The highest BCUT2D eigenvalue weighted by atomic mass is 16.3. The third-order valence-corrected chi connectivity index (χ3v) is 1.95. The van der Waals surface area contributed by atoms with Crippen LogP contribution in [-0.4, -0.2) is 42.9 Å². The molecule has 1 fully saturated rings. The average molecular weight is 144 g/mol. The maximum atomic E-state index is 9.41. The Hall–Kier alpha value is -0.120. The number of aliphatic hydroxyl groups is 1. The van der Waals surface area contributed by atoms with E-state index in [-0.39, 0.29) is 6.23 Å². The van der Waals surface area contributed by atoms with Crippen molar-refractivity contribution in [3.8, 4) is 0 Å². The highest BCUT2D eigenvalue weighted by Gasteiger charge is 2.17. The largest absolute Gasteiger partial charge is 0.377 e. The van der Waals surface area contributed by atoms with Crippen LogP contribution in [0.15, 0.2) is 0 Å². The van der Waals surface area contributed by atoms with Crippen LogP contribution in [0.4, 0.5) is 0 Å². The molecule has 0 aromatic heterocycles. The Balaban J connectivity index is 2.18. The van der Waals surface area contributed by atoms with Crippen LogP contribution in [0.2, 0.25) is 0 Å². The lowest BCUT2D eigenvalue weighted by molar-refractivity contribution is 0.0229. The summed E-state index contributed by atoms with van der Waals surface area (Å²) in [6, 6.07) is 0. The molecule has 0 radical (unpaired) electrons. The predicted molar refractivity (Wildman–Crippen MR) is 40.7 cm³/mol. The molecule has 1 atom stereocenters. The van der Waals surface area contributed by atoms with E-state index in [0.29, 0.717) is 6.54 Å². The fourth-order valence-corrected chi connectivity index (χ4v) is 1.35. The summed E-state index contributed by atoms with van der Waals surface area (Å²) < 4.78 is 0. The molecule has 0 spiro atoms. The molecule has 1 aliphatic rings. The van der Waals surface area contributed by atoms with Crippen LogP contribution in [0.3, 0.4) is 0 Å². The maximum absolute atomic E-state index is 9.41. The number of hydrogen-bond donors (Lipinski definition) is 2. The molecule has 0 aromatic carbocycles. The van der Waals surface area contributed by atoms with E-state index in [2.05, 4.69) is 10.2 Å². The molecule has 0 saturated carbocycles. The van der Waals surface area contributed by atoms with Gasteiger partial charge in [-0.05, 0) is 19.9 Å². The normalized spacial score (nSPS) is 23.4. The van der Waals surface area contributed by atoms with Gasteiger partial charge in [-0.25, -0.2) is 0 Å². The van der Waals surface area contributed by atoms with Crippen LogP contribution >= 0.6 is 0 Å². The maximum Gasteiger partial charge on any atom is 0.119 e. The van der Waals surface area contributed by atoms with Crippen molar-refractivity contribution in [2.75, 3.05) is 26.7 Å². The summed E-state index contributed by atoms with van der Waals surface area (Å²) >= 11 is 0. The predicted octanol–water partition coefficient (Wildman–Crippen LogP) is -0.380. The first-order valence-electron chi connectivity index (χ1n) is 3.91. The fourth-order valence-electron chi connectivity index (χ4n) is 1.35. The summed E-state index contributed by atoms with van der Waals surface area (Å²) in [5.41, 5.74) is 0. The van der Waals surface area contributed by atoms with Crippen LogP contribution in [0.1, 0.15) is 12.8 Å². The molecule has 0 bridgehead atoms. The van der Waals surface area contributed by atoms with Crippen molar-refractivity contribution < 1.29 is 5.11 Å². The summed E-state index contributed by atoms with van der Waals surface area (Å²) in [7, 11) is 1.86. The van der Waals surface area contributed by atoms with Crippen LogP contribution < -0.4 is 5.32 Å². The number of nitrogens with one attached hydrogen (secondary N) is 1. The molecule has 60 valence electrons. The Labute approximate surface area is 62.0 Å². The lowest BCUT2D eigenvalue weighted by Gasteiger charge is -2.21. The van der Waals surface area contributed by atoms with Gasteiger partial charge in [0.15, 0.2) is 0 Å². The number of likely N-dealkylation sites (N-methyl/N-ethyl adjacent to an activating group) is 1. The molecule has 0 aromatic rings. The van der Waals surface area contributed by atoms with Gasteiger partial charge in [0.2, 0.25) is 0 Å². The second-order valence-electron chi connectivity index (χ2n) is 2.78. The lowest BCUT2D eigenvalue weighted by Crippen LogP contribution is -2.39. The topological polar surface area (TPSA) is 35.5 Å². The second-order valence-corrected chi connectivity index (χ2v) is 2.78. The molecule has 1 saturated heterocycles. The molecular weight excluding hydrogens is 128 g/mol. The molecule has 3 nitrogen and oxygen atoms in total. The summed E-state index contributed by atoms with van der Waals surface area (Å²) in [6.07, 6.45) is 2.20. The van der Waals surface area contributed by atoms with Crippen molar-refractivity contribution in [3.63, 3.8) is 0 Å². The molecule has 1 unspecified atom stereocenters. The number of aliphatic hydroxyl groups excluding tert-OH is 1. The van der Waals surface area contributed by atoms with Crippen molar-refractivity contribution in [2.24, 2.45) is 0 Å². The first-order chi connectivity index (χ1) is 4.84. The Morgan fingerprint density at radius 2 is 2.10 bits per heavy atom. The highest BCUT2D eigenvalue weighted by molar-refractivity contribution is 4.69. The SMILES string of the molecule is CNCC(O)N1CCCC1. The Morgan fingerprint density at radius 3 is 2.60 bits per heavy atom. The zero-order valence-electron chi connectivity index (χ0n) is 6.51. The first kappa shape index (κ1) is 7.98. The Kier molecular flexibility index (Phi) is 3.12. The van der Waals surface area contributed by atoms with Crippen molar-refractivity contribution in [1.82, 2.24) is 10.2 Å². The summed E-state index contributed by atoms with van der Waals surface area (Å²) in [5.74, 6) is 0. The van der Waals surface area contributed by atoms with Gasteiger partial charge in [0, 0.05) is 19.6 Å². The van der Waals surface area contributed by atoms with Crippen molar-refractivity contribution in [2.45, 2.75) is 19.1 Å². The smallest absolute Gasteiger partial charge is 0.119 e. The van der Waals surface area contributed by atoms with Gasteiger partial charge in [-0.15, -0.1) is 0 Å². The van der Waals surface area contributed by atoms with Gasteiger partial charge < -0.3 is 10.4 Å². The van der Waals surface area contributed by atoms with E-state index in [1.54, 1.807) is 0 Å². The van der Waals surface area contributed by atoms with Gasteiger partial charge in [-0.2, -0.15) is 0 Å². The van der Waals surface area contributed by atoms with E-state index < -0.39 is 0 Å². The first-order valence-corrected chi connectivity index (χ1v) is 3.91.